The summed E-state index contributed by atoms with van der Waals surface area (Å²) in [5.41, 5.74) is 1.56. The molecule has 2 rings (SSSR count). The van der Waals surface area contributed by atoms with Crippen molar-refractivity contribution in [1.82, 2.24) is 19.6 Å². The number of amides is 2. The average Bonchev–Trinajstić information content (AvgIpc) is 3.13. The Balaban J connectivity index is 2.25. The van der Waals surface area contributed by atoms with E-state index in [9.17, 15) is 14.4 Å². The Bertz CT molecular complexity index is 807. The zero-order valence-electron chi connectivity index (χ0n) is 14.5. The first kappa shape index (κ1) is 18.2. The second-order valence-electron chi connectivity index (χ2n) is 5.12. The minimum Gasteiger partial charge on any atom is -0.459 e. The monoisotopic (exact) mass is 348 g/mol. The highest BCUT2D eigenvalue weighted by Gasteiger charge is 2.23. The molecule has 2 aromatic heterocycles. The minimum atomic E-state index is -1.03. The van der Waals surface area contributed by atoms with Crippen LogP contribution >= 0.6 is 0 Å². The lowest BCUT2D eigenvalue weighted by atomic mass is 10.3. The molecule has 2 heterocycles. The molecule has 134 valence electrons. The zero-order valence-corrected chi connectivity index (χ0v) is 14.5. The molecule has 0 aliphatic rings. The van der Waals surface area contributed by atoms with Gasteiger partial charge in [-0.25, -0.2) is 4.79 Å². The molecule has 2 aromatic rings. The molecule has 0 bridgehead atoms. The molecule has 10 nitrogen and oxygen atoms in total. The number of aryl methyl sites for hydroxylation is 2. The van der Waals surface area contributed by atoms with Crippen molar-refractivity contribution in [3.63, 3.8) is 0 Å². The molecule has 2 N–H and O–H groups in total. The van der Waals surface area contributed by atoms with Crippen molar-refractivity contribution in [3.05, 3.63) is 23.8 Å². The fraction of sp³-hybridized carbons (Fsp3) is 0.400. The maximum atomic E-state index is 12.6. The highest BCUT2D eigenvalue weighted by Crippen LogP contribution is 2.19. The van der Waals surface area contributed by atoms with Crippen molar-refractivity contribution in [2.24, 2.45) is 7.05 Å². The van der Waals surface area contributed by atoms with E-state index in [1.54, 1.807) is 25.6 Å². The van der Waals surface area contributed by atoms with Gasteiger partial charge in [0.2, 0.25) is 0 Å². The van der Waals surface area contributed by atoms with E-state index in [2.05, 4.69) is 25.6 Å². The summed E-state index contributed by atoms with van der Waals surface area (Å²) in [4.78, 5) is 35.9. The third-order valence-electron chi connectivity index (χ3n) is 3.55. The molecule has 0 saturated carbocycles. The maximum Gasteiger partial charge on any atom is 0.397 e. The summed E-state index contributed by atoms with van der Waals surface area (Å²) in [6.07, 6.45) is 2.84. The van der Waals surface area contributed by atoms with Gasteiger partial charge in [-0.05, 0) is 20.8 Å². The fourth-order valence-electron chi connectivity index (χ4n) is 2.13. The topological polar surface area (TPSA) is 120 Å². The Morgan fingerprint density at radius 3 is 2.36 bits per heavy atom. The van der Waals surface area contributed by atoms with E-state index in [1.165, 1.54) is 17.1 Å². The van der Waals surface area contributed by atoms with Crippen molar-refractivity contribution >= 4 is 29.2 Å². The molecule has 0 aromatic carbocycles. The zero-order chi connectivity index (χ0) is 18.6. The Hall–Kier alpha value is -3.17. The molecule has 0 spiro atoms. The molecule has 25 heavy (non-hydrogen) atoms. The third kappa shape index (κ3) is 3.84. The number of nitrogens with one attached hydrogen (secondary N) is 2. The third-order valence-corrected chi connectivity index (χ3v) is 3.55. The van der Waals surface area contributed by atoms with Gasteiger partial charge in [0.25, 0.3) is 5.91 Å². The van der Waals surface area contributed by atoms with Crippen LogP contribution in [0.4, 0.5) is 11.4 Å². The van der Waals surface area contributed by atoms with Crippen LogP contribution in [0.5, 0.6) is 0 Å². The molecule has 0 radical (unpaired) electrons. The van der Waals surface area contributed by atoms with Crippen LogP contribution in [0.3, 0.4) is 0 Å². The number of ether oxygens (including phenoxy) is 1. The van der Waals surface area contributed by atoms with Crippen molar-refractivity contribution in [2.45, 2.75) is 27.3 Å². The second-order valence-corrected chi connectivity index (χ2v) is 5.12. The molecule has 0 aliphatic heterocycles. The molecule has 0 saturated heterocycles. The van der Waals surface area contributed by atoms with Crippen LogP contribution in [0, 0.1) is 6.92 Å². The number of aromatic nitrogens is 4. The fourth-order valence-corrected chi connectivity index (χ4v) is 2.13. The summed E-state index contributed by atoms with van der Waals surface area (Å²) in [6.45, 7) is 5.69. The maximum absolute atomic E-state index is 12.6. The number of esters is 1. The lowest BCUT2D eigenvalue weighted by molar-refractivity contribution is -0.152. The summed E-state index contributed by atoms with van der Waals surface area (Å²) >= 11 is 0. The number of hydrogen-bond acceptors (Lipinski definition) is 6. The van der Waals surface area contributed by atoms with Crippen LogP contribution in [0.15, 0.2) is 12.4 Å². The van der Waals surface area contributed by atoms with E-state index in [1.807, 2.05) is 6.92 Å². The quantitative estimate of drug-likeness (QED) is 0.606. The van der Waals surface area contributed by atoms with Gasteiger partial charge in [0.15, 0.2) is 0 Å². The van der Waals surface area contributed by atoms with Crippen LogP contribution in [-0.2, 0) is 27.9 Å². The molecule has 0 aliphatic carbocycles. The smallest absolute Gasteiger partial charge is 0.397 e. The molecule has 2 amide bonds. The van der Waals surface area contributed by atoms with Crippen LogP contribution < -0.4 is 10.6 Å². The first-order chi connectivity index (χ1) is 11.9. The lowest BCUT2D eigenvalue weighted by Crippen LogP contribution is -2.27. The van der Waals surface area contributed by atoms with Gasteiger partial charge in [0.1, 0.15) is 5.69 Å². The summed E-state index contributed by atoms with van der Waals surface area (Å²) in [6, 6.07) is 0. The standard InChI is InChI=1S/C15H20N6O4/c1-5-21-12(13(22)18-10-7-16-20(4)9(10)3)11(8-17-21)19-14(23)15(24)25-6-2/h7-8H,5-6H2,1-4H3,(H,18,22)(H,19,23). The Kier molecular flexibility index (Phi) is 5.52. The molecule has 0 fully saturated rings. The lowest BCUT2D eigenvalue weighted by Gasteiger charge is -2.09. The highest BCUT2D eigenvalue weighted by molar-refractivity contribution is 6.37. The van der Waals surface area contributed by atoms with Crippen LogP contribution in [0.2, 0.25) is 0 Å². The van der Waals surface area contributed by atoms with Crippen LogP contribution in [0.25, 0.3) is 0 Å². The van der Waals surface area contributed by atoms with Gasteiger partial charge in [-0.3, -0.25) is 19.0 Å². The molecular weight excluding hydrogens is 328 g/mol. The Morgan fingerprint density at radius 1 is 1.12 bits per heavy atom. The van der Waals surface area contributed by atoms with E-state index < -0.39 is 17.8 Å². The number of anilines is 2. The van der Waals surface area contributed by atoms with Crippen LogP contribution in [0.1, 0.15) is 30.0 Å². The number of nitrogens with zero attached hydrogens (tertiary/aromatic N) is 4. The molecular formula is C15H20N6O4. The number of carbonyl (C=O) groups is 3. The predicted molar refractivity (Wildman–Crippen MR) is 89.1 cm³/mol. The van der Waals surface area contributed by atoms with E-state index in [-0.39, 0.29) is 18.0 Å². The SMILES string of the molecule is CCOC(=O)C(=O)Nc1cnn(CC)c1C(=O)Nc1cnn(C)c1C. The van der Waals surface area contributed by atoms with Crippen molar-refractivity contribution < 1.29 is 19.1 Å². The predicted octanol–water partition coefficient (Wildman–Crippen LogP) is 0.699. The minimum absolute atomic E-state index is 0.0775. The largest absolute Gasteiger partial charge is 0.459 e. The number of rotatable bonds is 5. The highest BCUT2D eigenvalue weighted by atomic mass is 16.5. The number of hydrogen-bond donors (Lipinski definition) is 2. The average molecular weight is 348 g/mol. The van der Waals surface area contributed by atoms with E-state index in [4.69, 9.17) is 0 Å². The van der Waals surface area contributed by atoms with Gasteiger partial charge in [-0.2, -0.15) is 10.2 Å². The Labute approximate surface area is 144 Å². The van der Waals surface area contributed by atoms with Gasteiger partial charge < -0.3 is 15.4 Å². The van der Waals surface area contributed by atoms with E-state index in [0.717, 1.165) is 5.69 Å². The summed E-state index contributed by atoms with van der Waals surface area (Å²) < 4.78 is 7.67. The first-order valence-electron chi connectivity index (χ1n) is 7.72. The van der Waals surface area contributed by atoms with Crippen molar-refractivity contribution in [1.29, 1.82) is 0 Å². The van der Waals surface area contributed by atoms with E-state index in [0.29, 0.717) is 12.2 Å². The van der Waals surface area contributed by atoms with Crippen LogP contribution in [-0.4, -0.2) is 44.0 Å². The normalized spacial score (nSPS) is 10.4. The summed E-state index contributed by atoms with van der Waals surface area (Å²) in [5, 5.41) is 13.2. The molecule has 10 heteroatoms. The van der Waals surface area contributed by atoms with Gasteiger partial charge >= 0.3 is 11.9 Å². The van der Waals surface area contributed by atoms with Crippen molar-refractivity contribution in [3.8, 4) is 0 Å². The van der Waals surface area contributed by atoms with Gasteiger partial charge in [0.05, 0.1) is 36.1 Å². The van der Waals surface area contributed by atoms with E-state index >= 15 is 0 Å². The van der Waals surface area contributed by atoms with Crippen molar-refractivity contribution in [2.75, 3.05) is 17.2 Å². The second kappa shape index (κ2) is 7.60. The van der Waals surface area contributed by atoms with Gasteiger partial charge in [-0.1, -0.05) is 0 Å². The molecule has 0 unspecified atom stereocenters. The summed E-state index contributed by atoms with van der Waals surface area (Å²) in [5.74, 6) is -2.47. The van der Waals surface area contributed by atoms with Gasteiger partial charge in [-0.15, -0.1) is 0 Å². The summed E-state index contributed by atoms with van der Waals surface area (Å²) in [7, 11) is 1.76. The first-order valence-corrected chi connectivity index (χ1v) is 7.72. The van der Waals surface area contributed by atoms with Gasteiger partial charge in [0, 0.05) is 13.6 Å². The Morgan fingerprint density at radius 2 is 1.80 bits per heavy atom. The number of carbonyl (C=O) groups excluding carboxylic acids is 3. The molecule has 0 atom stereocenters.